The highest BCUT2D eigenvalue weighted by atomic mass is 35.5. The van der Waals surface area contributed by atoms with Crippen molar-refractivity contribution in [3.05, 3.63) is 12.3 Å². The maximum atomic E-state index is 11.0. The number of ether oxygens (including phenoxy) is 5. The maximum absolute atomic E-state index is 11.0. The minimum atomic E-state index is -0.885. The molecule has 2 aliphatic rings. The highest BCUT2D eigenvalue weighted by Gasteiger charge is 2.44. The maximum Gasteiger partial charge on any atom is 0.304 e. The Morgan fingerprint density at radius 1 is 0.828 bits per heavy atom. The van der Waals surface area contributed by atoms with E-state index in [0.717, 1.165) is 0 Å². The molecule has 0 aliphatic carbocycles. The van der Waals surface area contributed by atoms with Gasteiger partial charge in [0.2, 0.25) is 6.29 Å². The molecular formula is C20H31ClO8. The van der Waals surface area contributed by atoms with Gasteiger partial charge in [0.25, 0.3) is 0 Å². The normalized spacial score (nSPS) is 36.0. The Balaban J connectivity index is 0.000000308. The van der Waals surface area contributed by atoms with Gasteiger partial charge in [-0.05, 0) is 19.9 Å². The molecule has 29 heavy (non-hydrogen) atoms. The summed E-state index contributed by atoms with van der Waals surface area (Å²) in [5, 5.41) is -0.700. The molecule has 0 aromatic heterocycles. The van der Waals surface area contributed by atoms with Crippen molar-refractivity contribution in [1.29, 1.82) is 0 Å². The van der Waals surface area contributed by atoms with E-state index in [0.29, 0.717) is 0 Å². The number of hydrogen-bond donors (Lipinski definition) is 0. The lowest BCUT2D eigenvalue weighted by Gasteiger charge is -2.40. The number of carbonyl (C=O) groups excluding carboxylic acids is 3. The average Bonchev–Trinajstić information content (AvgIpc) is 2.60. The van der Waals surface area contributed by atoms with E-state index in [-0.39, 0.29) is 36.1 Å². The minimum absolute atomic E-state index is 0.0618. The van der Waals surface area contributed by atoms with Crippen molar-refractivity contribution in [2.45, 2.75) is 84.5 Å². The quantitative estimate of drug-likeness (QED) is 0.380. The SMILES string of the molecule is CC(=O)OC1O[C@@H](C)[C@@H](C)[C@@H](OC(C)=O)[C@@H]1Cl.CC(=O)O[C@H]1C=CO[C@@H](C)[C@H]1C. The van der Waals surface area contributed by atoms with E-state index in [2.05, 4.69) is 0 Å². The lowest BCUT2D eigenvalue weighted by Crippen LogP contribution is -2.53. The van der Waals surface area contributed by atoms with E-state index in [1.54, 1.807) is 12.3 Å². The first-order valence-corrected chi connectivity index (χ1v) is 10.0. The average molecular weight is 435 g/mol. The van der Waals surface area contributed by atoms with Gasteiger partial charge >= 0.3 is 17.9 Å². The van der Waals surface area contributed by atoms with Crippen LogP contribution in [0.2, 0.25) is 0 Å². The molecule has 166 valence electrons. The van der Waals surface area contributed by atoms with E-state index >= 15 is 0 Å². The van der Waals surface area contributed by atoms with Crippen molar-refractivity contribution in [3.8, 4) is 0 Å². The van der Waals surface area contributed by atoms with Crippen LogP contribution in [0.1, 0.15) is 48.5 Å². The van der Waals surface area contributed by atoms with Crippen LogP contribution in [0, 0.1) is 11.8 Å². The summed E-state index contributed by atoms with van der Waals surface area (Å²) in [7, 11) is 0. The van der Waals surface area contributed by atoms with Gasteiger partial charge in [-0.15, -0.1) is 11.6 Å². The molecule has 1 saturated heterocycles. The largest absolute Gasteiger partial charge is 0.498 e. The van der Waals surface area contributed by atoms with E-state index in [1.165, 1.54) is 20.8 Å². The van der Waals surface area contributed by atoms with Crippen molar-refractivity contribution >= 4 is 29.5 Å². The Labute approximate surface area is 176 Å². The highest BCUT2D eigenvalue weighted by molar-refractivity contribution is 6.21. The lowest BCUT2D eigenvalue weighted by molar-refractivity contribution is -0.227. The molecule has 0 bridgehead atoms. The summed E-state index contributed by atoms with van der Waals surface area (Å²) in [4.78, 5) is 32.6. The predicted molar refractivity (Wildman–Crippen MR) is 105 cm³/mol. The molecule has 8 nitrogen and oxygen atoms in total. The Bertz CT molecular complexity index is 607. The van der Waals surface area contributed by atoms with Gasteiger partial charge in [0, 0.05) is 32.6 Å². The number of rotatable bonds is 3. The fourth-order valence-corrected chi connectivity index (χ4v) is 3.29. The van der Waals surface area contributed by atoms with Crippen LogP contribution in [-0.4, -0.2) is 54.0 Å². The Morgan fingerprint density at radius 2 is 1.38 bits per heavy atom. The van der Waals surface area contributed by atoms with Crippen molar-refractivity contribution in [1.82, 2.24) is 0 Å². The zero-order valence-electron chi connectivity index (χ0n) is 17.9. The van der Waals surface area contributed by atoms with Crippen LogP contribution in [0.4, 0.5) is 0 Å². The third kappa shape index (κ3) is 7.85. The first-order chi connectivity index (χ1) is 13.4. The van der Waals surface area contributed by atoms with E-state index in [9.17, 15) is 14.4 Å². The van der Waals surface area contributed by atoms with E-state index in [1.807, 2.05) is 27.7 Å². The minimum Gasteiger partial charge on any atom is -0.498 e. The van der Waals surface area contributed by atoms with Crippen LogP contribution < -0.4 is 0 Å². The van der Waals surface area contributed by atoms with Crippen molar-refractivity contribution < 1.29 is 38.1 Å². The van der Waals surface area contributed by atoms with Crippen molar-refractivity contribution in [2.24, 2.45) is 11.8 Å². The van der Waals surface area contributed by atoms with Crippen molar-refractivity contribution in [3.63, 3.8) is 0 Å². The molecule has 0 aromatic rings. The van der Waals surface area contributed by atoms with E-state index in [4.69, 9.17) is 35.3 Å². The molecule has 0 aromatic carbocycles. The van der Waals surface area contributed by atoms with Crippen LogP contribution in [0.3, 0.4) is 0 Å². The highest BCUT2D eigenvalue weighted by Crippen LogP contribution is 2.32. The molecule has 1 fully saturated rings. The zero-order chi connectivity index (χ0) is 22.3. The second kappa shape index (κ2) is 11.4. The van der Waals surface area contributed by atoms with Gasteiger partial charge in [0.05, 0.1) is 12.4 Å². The van der Waals surface area contributed by atoms with Crippen LogP contribution >= 0.6 is 11.6 Å². The monoisotopic (exact) mass is 434 g/mol. The van der Waals surface area contributed by atoms with Crippen LogP contribution in [0.25, 0.3) is 0 Å². The number of hydrogen-bond acceptors (Lipinski definition) is 8. The molecule has 0 N–H and O–H groups in total. The summed E-state index contributed by atoms with van der Waals surface area (Å²) >= 11 is 6.12. The molecule has 2 rings (SSSR count). The molecule has 2 heterocycles. The van der Waals surface area contributed by atoms with Crippen LogP contribution in [-0.2, 0) is 38.1 Å². The number of halogens is 1. The summed E-state index contributed by atoms with van der Waals surface area (Å²) in [5.41, 5.74) is 0. The molecular weight excluding hydrogens is 404 g/mol. The van der Waals surface area contributed by atoms with Crippen LogP contribution in [0.5, 0.6) is 0 Å². The fourth-order valence-electron chi connectivity index (χ4n) is 2.89. The second-order valence-corrected chi connectivity index (χ2v) is 7.80. The fraction of sp³-hybridized carbons (Fsp3) is 0.750. The Kier molecular flexibility index (Phi) is 9.92. The Morgan fingerprint density at radius 3 is 1.90 bits per heavy atom. The summed E-state index contributed by atoms with van der Waals surface area (Å²) in [6.45, 7) is 11.7. The molecule has 0 spiro atoms. The van der Waals surface area contributed by atoms with Gasteiger partial charge in [-0.3, -0.25) is 14.4 Å². The molecule has 9 heteroatoms. The topological polar surface area (TPSA) is 97.4 Å². The number of esters is 3. The molecule has 2 aliphatic heterocycles. The van der Waals surface area contributed by atoms with Gasteiger partial charge in [0.15, 0.2) is 0 Å². The standard InChI is InChI=1S/C11H17ClO5.C9H14O3/c1-5-6(2)15-11(17-8(4)14)9(12)10(5)16-7(3)13;1-6-7(2)11-5-4-9(6)12-8(3)10/h5-6,9-11H,1-4H3;4-7,9H,1-3H3/t5-,6+,9+,10-,11?;6-,7+,9+/m11/s1. The summed E-state index contributed by atoms with van der Waals surface area (Å²) < 4.78 is 25.9. The molecule has 0 saturated carbocycles. The zero-order valence-corrected chi connectivity index (χ0v) is 18.7. The van der Waals surface area contributed by atoms with Gasteiger partial charge in [-0.1, -0.05) is 13.8 Å². The van der Waals surface area contributed by atoms with Gasteiger partial charge in [-0.25, -0.2) is 0 Å². The predicted octanol–water partition coefficient (Wildman–Crippen LogP) is 2.96. The Hall–Kier alpha value is -1.80. The summed E-state index contributed by atoms with van der Waals surface area (Å²) in [6.07, 6.45) is 1.72. The molecule has 1 unspecified atom stereocenters. The third-order valence-corrected chi connectivity index (χ3v) is 5.34. The molecule has 0 amide bonds. The van der Waals surface area contributed by atoms with Gasteiger partial charge < -0.3 is 23.7 Å². The molecule has 0 radical (unpaired) electrons. The van der Waals surface area contributed by atoms with E-state index < -0.39 is 29.7 Å². The first kappa shape index (κ1) is 25.2. The summed E-state index contributed by atoms with van der Waals surface area (Å²) in [5.74, 6) is -0.982. The number of carbonyl (C=O) groups is 3. The van der Waals surface area contributed by atoms with Gasteiger partial charge in [-0.2, -0.15) is 0 Å². The number of alkyl halides is 1. The van der Waals surface area contributed by atoms with Crippen molar-refractivity contribution in [2.75, 3.05) is 0 Å². The second-order valence-electron chi connectivity index (χ2n) is 7.30. The summed E-state index contributed by atoms with van der Waals surface area (Å²) in [6, 6.07) is 0. The van der Waals surface area contributed by atoms with Gasteiger partial charge in [0.1, 0.15) is 23.7 Å². The first-order valence-electron chi connectivity index (χ1n) is 9.57. The van der Waals surface area contributed by atoms with Crippen LogP contribution in [0.15, 0.2) is 12.3 Å². The lowest BCUT2D eigenvalue weighted by atomic mass is 9.93. The third-order valence-electron chi connectivity index (χ3n) is 4.89. The molecule has 8 atom stereocenters. The smallest absolute Gasteiger partial charge is 0.304 e.